The molecule has 54 heavy (non-hydrogen) atoms. The van der Waals surface area contributed by atoms with Gasteiger partial charge in [-0.3, -0.25) is 0 Å². The number of hydrogen-bond acceptors (Lipinski definition) is 0. The molecule has 11 rings (SSSR count). The van der Waals surface area contributed by atoms with Crippen LogP contribution in [0, 0.1) is 0 Å². The van der Waals surface area contributed by atoms with Crippen molar-refractivity contribution < 1.29 is 0 Å². The molecular weight excluding hydrogens is 653 g/mol. The maximum atomic E-state index is 2.42. The highest BCUT2D eigenvalue weighted by Gasteiger charge is 2.17. The third kappa shape index (κ3) is 4.81. The number of nitrogens with zero attached hydrogens (tertiary/aromatic N) is 2. The third-order valence-electron chi connectivity index (χ3n) is 11.1. The Bertz CT molecular complexity index is 3180. The number of benzene rings is 9. The fourth-order valence-electron chi connectivity index (χ4n) is 8.56. The SMILES string of the molecule is c1ccc(-n2c3ccccc3c3ccc(-c4ccc5c6cc(-c7ccc(-c8cccc9ccccc89)cc7)ccc6n(-c6ccccc6)c5c4)cc32)cc1. The van der Waals surface area contributed by atoms with E-state index >= 15 is 0 Å². The molecule has 2 nitrogen and oxygen atoms in total. The molecule has 0 spiro atoms. The van der Waals surface area contributed by atoms with Crippen LogP contribution in [-0.2, 0) is 0 Å². The first-order valence-corrected chi connectivity index (χ1v) is 18.6. The van der Waals surface area contributed by atoms with Gasteiger partial charge in [-0.15, -0.1) is 0 Å². The average Bonchev–Trinajstić information content (AvgIpc) is 3.76. The van der Waals surface area contributed by atoms with Gasteiger partial charge in [0, 0.05) is 32.9 Å². The first kappa shape index (κ1) is 30.5. The smallest absolute Gasteiger partial charge is 0.0547 e. The van der Waals surface area contributed by atoms with E-state index in [2.05, 4.69) is 215 Å². The standard InChI is InChI=1S/C52H34N2/c1-3-14-41(15-4-1)53-49-21-10-9-19-45(49)46-29-26-39(33-51(46)53)40-27-30-47-48-32-38(28-31-50(48)54(52(47)34-40)42-16-5-2-6-17-42)35-22-24-37(25-23-35)44-20-11-13-36-12-7-8-18-43(36)44/h1-34H. The van der Waals surface area contributed by atoms with Crippen LogP contribution < -0.4 is 0 Å². The summed E-state index contributed by atoms with van der Waals surface area (Å²) in [4.78, 5) is 0. The highest BCUT2D eigenvalue weighted by Crippen LogP contribution is 2.40. The Kier molecular flexibility index (Phi) is 6.90. The van der Waals surface area contributed by atoms with Gasteiger partial charge < -0.3 is 9.13 Å². The second kappa shape index (κ2) is 12.2. The molecule has 0 aliphatic heterocycles. The lowest BCUT2D eigenvalue weighted by Gasteiger charge is -2.11. The van der Waals surface area contributed by atoms with Crippen molar-refractivity contribution in [2.24, 2.45) is 0 Å². The van der Waals surface area contributed by atoms with E-state index in [9.17, 15) is 0 Å². The maximum absolute atomic E-state index is 2.42. The number of aromatic nitrogens is 2. The van der Waals surface area contributed by atoms with E-state index in [0.29, 0.717) is 0 Å². The number of rotatable bonds is 5. The monoisotopic (exact) mass is 686 g/mol. The van der Waals surface area contributed by atoms with E-state index in [0.717, 1.165) is 5.69 Å². The lowest BCUT2D eigenvalue weighted by Crippen LogP contribution is -1.94. The Hall–Kier alpha value is -7.16. The highest BCUT2D eigenvalue weighted by atomic mass is 15.0. The topological polar surface area (TPSA) is 9.86 Å². The van der Waals surface area contributed by atoms with Gasteiger partial charge in [0.25, 0.3) is 0 Å². The minimum absolute atomic E-state index is 1.15. The van der Waals surface area contributed by atoms with Crippen LogP contribution in [0.15, 0.2) is 206 Å². The van der Waals surface area contributed by atoms with Crippen molar-refractivity contribution in [1.82, 2.24) is 9.13 Å². The molecule has 2 heterocycles. The molecule has 0 unspecified atom stereocenters. The zero-order valence-electron chi connectivity index (χ0n) is 29.5. The number of fused-ring (bicyclic) bond motifs is 7. The molecule has 0 aliphatic carbocycles. The second-order valence-corrected chi connectivity index (χ2v) is 14.2. The van der Waals surface area contributed by atoms with Crippen LogP contribution in [0.5, 0.6) is 0 Å². The van der Waals surface area contributed by atoms with Crippen LogP contribution in [0.2, 0.25) is 0 Å². The summed E-state index contributed by atoms with van der Waals surface area (Å²) < 4.78 is 4.81. The summed E-state index contributed by atoms with van der Waals surface area (Å²) in [7, 11) is 0. The van der Waals surface area contributed by atoms with Crippen LogP contribution in [0.4, 0.5) is 0 Å². The fraction of sp³-hybridized carbons (Fsp3) is 0. The van der Waals surface area contributed by atoms with Gasteiger partial charge in [0.2, 0.25) is 0 Å². The maximum Gasteiger partial charge on any atom is 0.0547 e. The molecule has 0 saturated heterocycles. The molecule has 0 saturated carbocycles. The number of hydrogen-bond donors (Lipinski definition) is 0. The third-order valence-corrected chi connectivity index (χ3v) is 11.1. The summed E-state index contributed by atoms with van der Waals surface area (Å²) in [5, 5.41) is 7.55. The average molecular weight is 687 g/mol. The van der Waals surface area contributed by atoms with E-state index in [1.54, 1.807) is 0 Å². The van der Waals surface area contributed by atoms with Crippen LogP contribution in [-0.4, -0.2) is 9.13 Å². The molecule has 0 bridgehead atoms. The predicted molar refractivity (Wildman–Crippen MR) is 229 cm³/mol. The van der Waals surface area contributed by atoms with Crippen LogP contribution in [0.25, 0.3) is 99.1 Å². The Morgan fingerprint density at radius 3 is 1.39 bits per heavy atom. The molecule has 2 aromatic heterocycles. The predicted octanol–water partition coefficient (Wildman–Crippen LogP) is 14.0. The van der Waals surface area contributed by atoms with Crippen molar-refractivity contribution in [2.45, 2.75) is 0 Å². The Morgan fingerprint density at radius 2 is 0.704 bits per heavy atom. The minimum Gasteiger partial charge on any atom is -0.309 e. The lowest BCUT2D eigenvalue weighted by molar-refractivity contribution is 1.18. The summed E-state index contributed by atoms with van der Waals surface area (Å²) in [6.07, 6.45) is 0. The summed E-state index contributed by atoms with van der Waals surface area (Å²) in [5.41, 5.74) is 14.4. The molecule has 0 fully saturated rings. The van der Waals surface area contributed by atoms with Crippen LogP contribution >= 0.6 is 0 Å². The molecule has 0 N–H and O–H groups in total. The van der Waals surface area contributed by atoms with Gasteiger partial charge in [0.15, 0.2) is 0 Å². The fourth-order valence-corrected chi connectivity index (χ4v) is 8.56. The van der Waals surface area contributed by atoms with Crippen LogP contribution in [0.1, 0.15) is 0 Å². The van der Waals surface area contributed by atoms with Gasteiger partial charge in [0.1, 0.15) is 0 Å². The van der Waals surface area contributed by atoms with E-state index < -0.39 is 0 Å². The zero-order chi connectivity index (χ0) is 35.6. The Labute approximate surface area is 313 Å². The van der Waals surface area contributed by atoms with Crippen molar-refractivity contribution in [3.63, 3.8) is 0 Å². The van der Waals surface area contributed by atoms with Crippen molar-refractivity contribution in [3.05, 3.63) is 206 Å². The van der Waals surface area contributed by atoms with E-state index in [1.807, 2.05) is 0 Å². The molecular formula is C52H34N2. The summed E-state index contributed by atoms with van der Waals surface area (Å²) in [5.74, 6) is 0. The quantitative estimate of drug-likeness (QED) is 0.171. The Balaban J connectivity index is 1.06. The molecule has 0 aliphatic rings. The summed E-state index contributed by atoms with van der Waals surface area (Å²) in [6, 6.07) is 75.2. The molecule has 0 atom stereocenters. The zero-order valence-corrected chi connectivity index (χ0v) is 29.5. The minimum atomic E-state index is 1.15. The summed E-state index contributed by atoms with van der Waals surface area (Å²) in [6.45, 7) is 0. The van der Waals surface area contributed by atoms with E-state index in [4.69, 9.17) is 0 Å². The molecule has 2 heteroatoms. The molecule has 0 radical (unpaired) electrons. The van der Waals surface area contributed by atoms with Gasteiger partial charge in [0.05, 0.1) is 22.1 Å². The van der Waals surface area contributed by atoms with Gasteiger partial charge in [-0.25, -0.2) is 0 Å². The normalized spacial score (nSPS) is 11.7. The van der Waals surface area contributed by atoms with Crippen molar-refractivity contribution >= 4 is 54.4 Å². The molecule has 252 valence electrons. The lowest BCUT2D eigenvalue weighted by atomic mass is 9.96. The Morgan fingerprint density at radius 1 is 0.241 bits per heavy atom. The summed E-state index contributed by atoms with van der Waals surface area (Å²) >= 11 is 0. The molecule has 0 amide bonds. The van der Waals surface area contributed by atoms with Crippen molar-refractivity contribution in [1.29, 1.82) is 0 Å². The van der Waals surface area contributed by atoms with Crippen LogP contribution in [0.3, 0.4) is 0 Å². The molecule has 11 aromatic rings. The van der Waals surface area contributed by atoms with Gasteiger partial charge in [-0.1, -0.05) is 152 Å². The van der Waals surface area contributed by atoms with Gasteiger partial charge >= 0.3 is 0 Å². The van der Waals surface area contributed by atoms with Crippen molar-refractivity contribution in [3.8, 4) is 44.8 Å². The van der Waals surface area contributed by atoms with Gasteiger partial charge in [-0.05, 0) is 98.8 Å². The van der Waals surface area contributed by atoms with Gasteiger partial charge in [-0.2, -0.15) is 0 Å². The second-order valence-electron chi connectivity index (χ2n) is 14.2. The number of para-hydroxylation sites is 3. The van der Waals surface area contributed by atoms with E-state index in [-0.39, 0.29) is 0 Å². The highest BCUT2D eigenvalue weighted by molar-refractivity contribution is 6.13. The first-order valence-electron chi connectivity index (χ1n) is 18.6. The largest absolute Gasteiger partial charge is 0.309 e. The molecule has 9 aromatic carbocycles. The first-order chi connectivity index (χ1) is 26.8. The van der Waals surface area contributed by atoms with Crippen molar-refractivity contribution in [2.75, 3.05) is 0 Å². The van der Waals surface area contributed by atoms with E-state index in [1.165, 1.54) is 93.5 Å².